The van der Waals surface area contributed by atoms with Crippen molar-refractivity contribution in [2.75, 3.05) is 57.2 Å². The number of esters is 1. The second-order valence-corrected chi connectivity index (χ2v) is 11.4. The molecule has 0 bridgehead atoms. The number of nitrogens with two attached hydrogens (primary N) is 1. The summed E-state index contributed by atoms with van der Waals surface area (Å²) in [6, 6.07) is 13.1. The Hall–Kier alpha value is -3.79. The minimum absolute atomic E-state index is 0.0263. The molecule has 0 aliphatic carbocycles. The quantitative estimate of drug-likeness (QED) is 0.106. The summed E-state index contributed by atoms with van der Waals surface area (Å²) in [7, 11) is 3.09. The maximum absolute atomic E-state index is 13.6. The van der Waals surface area contributed by atoms with Gasteiger partial charge in [-0.3, -0.25) is 9.69 Å². The summed E-state index contributed by atoms with van der Waals surface area (Å²) in [5.74, 6) is 6.51. The third-order valence-electron chi connectivity index (χ3n) is 7.65. The van der Waals surface area contributed by atoms with E-state index < -0.39 is 12.7 Å². The Balaban J connectivity index is 0.00000139. The van der Waals surface area contributed by atoms with Crippen molar-refractivity contribution in [1.29, 1.82) is 0 Å². The number of alkyl halides is 3. The van der Waals surface area contributed by atoms with Crippen LogP contribution in [0.1, 0.15) is 31.4 Å². The second kappa shape index (κ2) is 17.8. The first kappa shape index (κ1) is 36.7. The molecule has 8 nitrogen and oxygen atoms in total. The third kappa shape index (κ3) is 10.1. The van der Waals surface area contributed by atoms with E-state index in [0.717, 1.165) is 55.2 Å². The van der Waals surface area contributed by atoms with E-state index in [0.29, 0.717) is 28.8 Å². The molecule has 250 valence electrons. The lowest BCUT2D eigenvalue weighted by atomic mass is 10.0. The molecule has 2 aromatic carbocycles. The zero-order chi connectivity index (χ0) is 33.7. The van der Waals surface area contributed by atoms with Gasteiger partial charge in [-0.15, -0.1) is 24.9 Å². The highest BCUT2D eigenvalue weighted by Crippen LogP contribution is 2.32. The number of ether oxygens (including phenoxy) is 2. The van der Waals surface area contributed by atoms with E-state index in [1.165, 1.54) is 11.6 Å². The first-order valence-corrected chi connectivity index (χ1v) is 16.3. The zero-order valence-electron chi connectivity index (χ0n) is 26.7. The summed E-state index contributed by atoms with van der Waals surface area (Å²) in [5, 5.41) is 7.49. The van der Waals surface area contributed by atoms with Crippen molar-refractivity contribution < 1.29 is 27.4 Å². The van der Waals surface area contributed by atoms with Gasteiger partial charge in [-0.05, 0) is 74.9 Å². The molecule has 3 heterocycles. The predicted octanol–water partition coefficient (Wildman–Crippen LogP) is 6.36. The molecule has 1 atom stereocenters. The van der Waals surface area contributed by atoms with Crippen LogP contribution in [0.15, 0.2) is 60.5 Å². The number of rotatable bonds is 9. The van der Waals surface area contributed by atoms with E-state index in [1.807, 2.05) is 30.5 Å². The Morgan fingerprint density at radius 1 is 1.11 bits per heavy atom. The molecule has 5 rings (SSSR count). The van der Waals surface area contributed by atoms with Crippen LogP contribution in [-0.4, -0.2) is 80.4 Å². The largest absolute Gasteiger partial charge is 0.495 e. The van der Waals surface area contributed by atoms with Gasteiger partial charge in [-0.2, -0.15) is 13.2 Å². The Morgan fingerprint density at radius 2 is 1.85 bits per heavy atom. The lowest BCUT2D eigenvalue weighted by molar-refractivity contribution is -0.142. The van der Waals surface area contributed by atoms with Crippen molar-refractivity contribution in [2.45, 2.75) is 55.4 Å². The first-order valence-electron chi connectivity index (χ1n) is 15.1. The normalized spacial score (nSPS) is 16.7. The number of methoxy groups -OCH3 is 1. The number of anilines is 2. The van der Waals surface area contributed by atoms with Gasteiger partial charge in [0.15, 0.2) is 0 Å². The summed E-state index contributed by atoms with van der Waals surface area (Å²) in [6.45, 7) is 7.61. The summed E-state index contributed by atoms with van der Waals surface area (Å²) >= 11 is 1.61. The van der Waals surface area contributed by atoms with Crippen LogP contribution in [0.4, 0.5) is 24.5 Å². The van der Waals surface area contributed by atoms with Crippen LogP contribution in [0.2, 0.25) is 0 Å². The monoisotopic (exact) mass is 659 g/mol. The second-order valence-electron chi connectivity index (χ2n) is 10.6. The number of nitrogens with zero attached hydrogens (tertiary/aromatic N) is 2. The standard InChI is InChI=1S/C31H35F3N4O3S.C2H4.CH5N/c1-40-29-18-24(42-2)9-10-27(29)35-14-4-5-22-17-25-26(6-3-7-28(25)38(22)20-31(32,33)34)36-21-12-15-37(16-13-21)19-23-8-11-30(39)41-23;2*1-2/h3,6-7,9-10,17-18,21,23,35-36H,8,11-16,19-20H2,1-2H3;1-2H2;2H2,1H3. The van der Waals surface area contributed by atoms with Gasteiger partial charge in [0.25, 0.3) is 0 Å². The van der Waals surface area contributed by atoms with Crippen molar-refractivity contribution >= 4 is 40.0 Å². The van der Waals surface area contributed by atoms with Crippen LogP contribution in [0, 0.1) is 11.8 Å². The minimum atomic E-state index is -4.39. The van der Waals surface area contributed by atoms with E-state index in [1.54, 1.807) is 37.1 Å². The third-order valence-corrected chi connectivity index (χ3v) is 8.38. The molecule has 2 saturated heterocycles. The van der Waals surface area contributed by atoms with Gasteiger partial charge in [-0.25, -0.2) is 0 Å². The average molecular weight is 660 g/mol. The molecule has 1 unspecified atom stereocenters. The number of benzene rings is 2. The van der Waals surface area contributed by atoms with Crippen LogP contribution in [0.5, 0.6) is 5.75 Å². The highest BCUT2D eigenvalue weighted by molar-refractivity contribution is 7.98. The number of cyclic esters (lactones) is 1. The van der Waals surface area contributed by atoms with Gasteiger partial charge in [0, 0.05) is 48.1 Å². The Bertz CT molecular complexity index is 1490. The maximum atomic E-state index is 13.6. The fourth-order valence-corrected chi connectivity index (χ4v) is 5.99. The maximum Gasteiger partial charge on any atom is 0.406 e. The molecular weight excluding hydrogens is 615 g/mol. The van der Waals surface area contributed by atoms with E-state index in [2.05, 4.69) is 46.3 Å². The van der Waals surface area contributed by atoms with Gasteiger partial charge in [0.2, 0.25) is 0 Å². The Morgan fingerprint density at radius 3 is 2.48 bits per heavy atom. The molecular formula is C34H44F3N5O3S. The molecule has 4 N–H and O–H groups in total. The number of hydrogen-bond acceptors (Lipinski definition) is 8. The highest BCUT2D eigenvalue weighted by atomic mass is 32.2. The number of likely N-dealkylation sites (tertiary alicyclic amines) is 1. The molecule has 12 heteroatoms. The number of hydrogen-bond donors (Lipinski definition) is 3. The smallest absolute Gasteiger partial charge is 0.406 e. The topological polar surface area (TPSA) is 93.8 Å². The minimum Gasteiger partial charge on any atom is -0.495 e. The molecule has 0 spiro atoms. The number of carbonyl (C=O) groups is 1. The molecule has 0 saturated carbocycles. The Labute approximate surface area is 273 Å². The summed E-state index contributed by atoms with van der Waals surface area (Å²) in [4.78, 5) is 14.8. The van der Waals surface area contributed by atoms with Crippen molar-refractivity contribution in [3.63, 3.8) is 0 Å². The number of aromatic nitrogens is 1. The lowest BCUT2D eigenvalue weighted by Crippen LogP contribution is -2.42. The number of nitrogens with one attached hydrogen (secondary N) is 2. The molecule has 0 amide bonds. The average Bonchev–Trinajstić information content (AvgIpc) is 3.64. The van der Waals surface area contributed by atoms with Gasteiger partial charge in [0.1, 0.15) is 18.4 Å². The van der Waals surface area contributed by atoms with Gasteiger partial charge >= 0.3 is 12.1 Å². The first-order chi connectivity index (χ1) is 22.2. The van der Waals surface area contributed by atoms with E-state index >= 15 is 0 Å². The number of carbonyl (C=O) groups excluding carboxylic acids is 1. The molecule has 2 aliphatic rings. The summed E-state index contributed by atoms with van der Waals surface area (Å²) in [6.07, 6.45) is 0.604. The fraction of sp³-hybridized carbons (Fsp3) is 0.441. The zero-order valence-corrected chi connectivity index (χ0v) is 27.5. The number of piperidine rings is 1. The molecule has 2 fully saturated rings. The number of fused-ring (bicyclic) bond motifs is 1. The van der Waals surface area contributed by atoms with E-state index in [-0.39, 0.29) is 24.7 Å². The van der Waals surface area contributed by atoms with Crippen molar-refractivity contribution in [3.8, 4) is 17.6 Å². The molecule has 2 aliphatic heterocycles. The van der Waals surface area contributed by atoms with Gasteiger partial charge in [0.05, 0.1) is 30.6 Å². The lowest BCUT2D eigenvalue weighted by Gasteiger charge is -2.34. The summed E-state index contributed by atoms with van der Waals surface area (Å²) < 4.78 is 52.9. The van der Waals surface area contributed by atoms with Crippen LogP contribution in [0.25, 0.3) is 10.9 Å². The van der Waals surface area contributed by atoms with Gasteiger partial charge in [-0.1, -0.05) is 12.0 Å². The highest BCUT2D eigenvalue weighted by Gasteiger charge is 2.31. The van der Waals surface area contributed by atoms with E-state index in [4.69, 9.17) is 9.47 Å². The van der Waals surface area contributed by atoms with Crippen molar-refractivity contribution in [3.05, 3.63) is 61.3 Å². The Kier molecular flexibility index (Phi) is 14.2. The molecule has 3 aromatic rings. The van der Waals surface area contributed by atoms with Gasteiger partial charge < -0.3 is 30.4 Å². The fourth-order valence-electron chi connectivity index (χ4n) is 5.56. The number of halogens is 3. The van der Waals surface area contributed by atoms with E-state index in [9.17, 15) is 18.0 Å². The number of thioether (sulfide) groups is 1. The molecule has 1 aromatic heterocycles. The predicted molar refractivity (Wildman–Crippen MR) is 182 cm³/mol. The van der Waals surface area contributed by atoms with Crippen molar-refractivity contribution in [1.82, 2.24) is 9.47 Å². The van der Waals surface area contributed by atoms with Crippen LogP contribution in [0.3, 0.4) is 0 Å². The van der Waals surface area contributed by atoms with Crippen LogP contribution >= 0.6 is 11.8 Å². The van der Waals surface area contributed by atoms with Crippen LogP contribution in [-0.2, 0) is 16.1 Å². The van der Waals surface area contributed by atoms with Crippen LogP contribution < -0.4 is 21.1 Å². The molecule has 0 radical (unpaired) electrons. The SMILES string of the molecule is C=C.CN.COc1cc(SC)ccc1NCC#Cc1cc2c(NC3CCN(CC4CCC(=O)O4)CC3)cccc2n1CC(F)(F)F. The molecule has 46 heavy (non-hydrogen) atoms. The summed E-state index contributed by atoms with van der Waals surface area (Å²) in [5.41, 5.74) is 6.87. The van der Waals surface area contributed by atoms with Crippen molar-refractivity contribution in [2.24, 2.45) is 5.73 Å².